The Morgan fingerprint density at radius 3 is 2.58 bits per heavy atom. The highest BCUT2D eigenvalue weighted by molar-refractivity contribution is 5.77. The molecule has 2 bridgehead atoms. The van der Waals surface area contributed by atoms with Gasteiger partial charge < -0.3 is 9.64 Å². The summed E-state index contributed by atoms with van der Waals surface area (Å²) in [6.45, 7) is 6.44. The van der Waals surface area contributed by atoms with Crippen LogP contribution in [0, 0.1) is 29.0 Å². The highest BCUT2D eigenvalue weighted by Crippen LogP contribution is 2.52. The molecule has 0 saturated heterocycles. The molecule has 3 nitrogen and oxygen atoms in total. The minimum absolute atomic E-state index is 0.319. The van der Waals surface area contributed by atoms with Gasteiger partial charge in [-0.15, -0.1) is 0 Å². The van der Waals surface area contributed by atoms with Gasteiger partial charge in [-0.2, -0.15) is 0 Å². The Morgan fingerprint density at radius 1 is 1.19 bits per heavy atom. The number of esters is 1. The normalized spacial score (nSPS) is 28.4. The van der Waals surface area contributed by atoms with E-state index in [0.717, 1.165) is 30.4 Å². The number of benzene rings is 1. The number of hydrogen-bond donors (Lipinski definition) is 0. The minimum Gasteiger partial charge on any atom is -0.426 e. The molecular formula is C22H32FNO2. The first kappa shape index (κ1) is 19.3. The van der Waals surface area contributed by atoms with E-state index < -0.39 is 5.41 Å². The van der Waals surface area contributed by atoms with Gasteiger partial charge in [-0.05, 0) is 95.5 Å². The van der Waals surface area contributed by atoms with Gasteiger partial charge in [0.25, 0.3) is 0 Å². The molecule has 2 unspecified atom stereocenters. The van der Waals surface area contributed by atoms with Crippen LogP contribution >= 0.6 is 0 Å². The third kappa shape index (κ3) is 4.28. The van der Waals surface area contributed by atoms with Crippen molar-refractivity contribution in [3.63, 3.8) is 0 Å². The van der Waals surface area contributed by atoms with Crippen LogP contribution in [0.2, 0.25) is 0 Å². The second-order valence-corrected chi connectivity index (χ2v) is 9.57. The van der Waals surface area contributed by atoms with E-state index in [2.05, 4.69) is 19.0 Å². The lowest BCUT2D eigenvalue weighted by molar-refractivity contribution is -0.143. The summed E-state index contributed by atoms with van der Waals surface area (Å²) in [6, 6.07) is 4.86. The highest BCUT2D eigenvalue weighted by atomic mass is 19.1. The Hall–Kier alpha value is -1.42. The minimum atomic E-state index is -0.607. The van der Waals surface area contributed by atoms with Gasteiger partial charge in [0.1, 0.15) is 11.6 Å². The van der Waals surface area contributed by atoms with Crippen LogP contribution in [0.3, 0.4) is 0 Å². The third-order valence-electron chi connectivity index (χ3n) is 6.01. The summed E-state index contributed by atoms with van der Waals surface area (Å²) < 4.78 is 19.8. The lowest BCUT2D eigenvalue weighted by atomic mass is 9.69. The van der Waals surface area contributed by atoms with E-state index in [-0.39, 0.29) is 11.8 Å². The molecule has 2 fully saturated rings. The Morgan fingerprint density at radius 2 is 1.92 bits per heavy atom. The number of fused-ring (bicyclic) bond motifs is 2. The summed E-state index contributed by atoms with van der Waals surface area (Å²) >= 11 is 0. The van der Waals surface area contributed by atoms with Crippen LogP contribution in [0.15, 0.2) is 18.2 Å². The summed E-state index contributed by atoms with van der Waals surface area (Å²) in [4.78, 5) is 14.5. The van der Waals surface area contributed by atoms with Crippen molar-refractivity contribution < 1.29 is 13.9 Å². The largest absolute Gasteiger partial charge is 0.426 e. The van der Waals surface area contributed by atoms with E-state index >= 15 is 0 Å². The molecule has 4 heteroatoms. The van der Waals surface area contributed by atoms with Crippen LogP contribution in [0.4, 0.5) is 4.39 Å². The molecule has 144 valence electrons. The molecule has 0 spiro atoms. The molecule has 1 aromatic rings. The van der Waals surface area contributed by atoms with Gasteiger partial charge >= 0.3 is 5.97 Å². The average molecular weight is 362 g/mol. The number of ether oxygens (including phenoxy) is 1. The van der Waals surface area contributed by atoms with Gasteiger partial charge in [0.05, 0.1) is 5.41 Å². The number of hydrogen-bond acceptors (Lipinski definition) is 3. The molecule has 2 saturated carbocycles. The number of halogens is 1. The van der Waals surface area contributed by atoms with Crippen molar-refractivity contribution >= 4 is 5.97 Å². The Bertz CT molecular complexity index is 665. The number of rotatable bonds is 4. The molecule has 2 aliphatic rings. The standard InChI is InChI=1S/C22H32FNO2/c1-22(2,3)21(25)26-18-11-16(10-17(23)12-18)19-9-14-6-7-15(8-14)20(19)13-24(4)5/h10-12,14-15,19-20H,6-9,13H2,1-5H3/t14?,15?,19-,20-/m0/s1. The van der Waals surface area contributed by atoms with Crippen molar-refractivity contribution in [2.45, 2.75) is 52.4 Å². The fourth-order valence-corrected chi connectivity index (χ4v) is 4.78. The highest BCUT2D eigenvalue weighted by Gasteiger charge is 2.42. The van der Waals surface area contributed by atoms with Crippen LogP contribution < -0.4 is 4.74 Å². The average Bonchev–Trinajstić information content (AvgIpc) is 2.91. The summed E-state index contributed by atoms with van der Waals surface area (Å²) in [5.41, 5.74) is 0.384. The molecule has 0 aliphatic heterocycles. The van der Waals surface area contributed by atoms with Crippen molar-refractivity contribution in [2.24, 2.45) is 23.2 Å². The van der Waals surface area contributed by atoms with Gasteiger partial charge in [0.15, 0.2) is 0 Å². The first-order valence-corrected chi connectivity index (χ1v) is 9.81. The predicted octanol–water partition coefficient (Wildman–Crippen LogP) is 4.86. The topological polar surface area (TPSA) is 29.5 Å². The maximum atomic E-state index is 14.3. The van der Waals surface area contributed by atoms with Gasteiger partial charge in [0.2, 0.25) is 0 Å². The summed E-state index contributed by atoms with van der Waals surface area (Å²) in [6.07, 6.45) is 5.02. The van der Waals surface area contributed by atoms with Crippen molar-refractivity contribution in [2.75, 3.05) is 20.6 Å². The summed E-state index contributed by atoms with van der Waals surface area (Å²) in [5, 5.41) is 0. The van der Waals surface area contributed by atoms with Crippen molar-refractivity contribution in [1.82, 2.24) is 4.90 Å². The lowest BCUT2D eigenvalue weighted by Crippen LogP contribution is -2.34. The molecule has 0 N–H and O–H groups in total. The number of carbonyl (C=O) groups is 1. The van der Waals surface area contributed by atoms with E-state index in [9.17, 15) is 9.18 Å². The van der Waals surface area contributed by atoms with Crippen LogP contribution in [0.1, 0.15) is 57.9 Å². The van der Waals surface area contributed by atoms with Gasteiger partial charge in [0, 0.05) is 12.6 Å². The van der Waals surface area contributed by atoms with Crippen molar-refractivity contribution in [1.29, 1.82) is 0 Å². The van der Waals surface area contributed by atoms with Crippen LogP contribution in [0.5, 0.6) is 5.75 Å². The Balaban J connectivity index is 1.88. The van der Waals surface area contributed by atoms with Crippen LogP contribution in [-0.4, -0.2) is 31.5 Å². The zero-order valence-electron chi connectivity index (χ0n) is 16.7. The summed E-state index contributed by atoms with van der Waals surface area (Å²) in [5.74, 6) is 2.05. The number of carbonyl (C=O) groups excluding carboxylic acids is 1. The molecule has 1 aromatic carbocycles. The Labute approximate surface area is 156 Å². The van der Waals surface area contributed by atoms with Crippen LogP contribution in [-0.2, 0) is 4.79 Å². The maximum Gasteiger partial charge on any atom is 0.316 e. The Kier molecular flexibility index (Phi) is 5.43. The molecule has 0 aromatic heterocycles. The molecule has 26 heavy (non-hydrogen) atoms. The molecule has 0 amide bonds. The first-order valence-electron chi connectivity index (χ1n) is 9.81. The van der Waals surface area contributed by atoms with Crippen molar-refractivity contribution in [3.05, 3.63) is 29.6 Å². The predicted molar refractivity (Wildman–Crippen MR) is 102 cm³/mol. The van der Waals surface area contributed by atoms with Gasteiger partial charge in [-0.1, -0.05) is 6.42 Å². The third-order valence-corrected chi connectivity index (χ3v) is 6.01. The molecule has 2 aliphatic carbocycles. The van der Waals surface area contributed by atoms with Crippen molar-refractivity contribution in [3.8, 4) is 5.75 Å². The lowest BCUT2D eigenvalue weighted by Gasteiger charge is -2.38. The van der Waals surface area contributed by atoms with E-state index in [1.54, 1.807) is 6.07 Å². The first-order chi connectivity index (χ1) is 12.1. The molecule has 0 radical (unpaired) electrons. The zero-order valence-corrected chi connectivity index (χ0v) is 16.7. The maximum absolute atomic E-state index is 14.3. The molecule has 4 atom stereocenters. The second-order valence-electron chi connectivity index (χ2n) is 9.57. The monoisotopic (exact) mass is 361 g/mol. The SMILES string of the molecule is CN(C)C[C@H]1C2CCC(C2)C[C@H]1c1cc(F)cc(OC(=O)C(C)(C)C)c1. The van der Waals surface area contributed by atoms with Gasteiger partial charge in [-0.25, -0.2) is 4.39 Å². The smallest absolute Gasteiger partial charge is 0.316 e. The molecular weight excluding hydrogens is 329 g/mol. The second kappa shape index (κ2) is 7.30. The number of nitrogens with zero attached hydrogens (tertiary/aromatic N) is 1. The van der Waals surface area contributed by atoms with E-state index in [1.165, 1.54) is 25.3 Å². The van der Waals surface area contributed by atoms with E-state index in [1.807, 2.05) is 26.8 Å². The quantitative estimate of drug-likeness (QED) is 0.567. The van der Waals surface area contributed by atoms with E-state index in [0.29, 0.717) is 17.6 Å². The summed E-state index contributed by atoms with van der Waals surface area (Å²) in [7, 11) is 4.22. The van der Waals surface area contributed by atoms with E-state index in [4.69, 9.17) is 4.74 Å². The fraction of sp³-hybridized carbons (Fsp3) is 0.682. The van der Waals surface area contributed by atoms with Gasteiger partial charge in [-0.3, -0.25) is 4.79 Å². The fourth-order valence-electron chi connectivity index (χ4n) is 4.78. The molecule has 3 rings (SSSR count). The molecule has 0 heterocycles. The zero-order chi connectivity index (χ0) is 19.1. The van der Waals surface area contributed by atoms with Crippen LogP contribution in [0.25, 0.3) is 0 Å².